The van der Waals surface area contributed by atoms with E-state index in [1.807, 2.05) is 44.3 Å². The number of ether oxygens (including phenoxy) is 1. The molecule has 0 aliphatic rings. The predicted octanol–water partition coefficient (Wildman–Crippen LogP) is 3.33. The van der Waals surface area contributed by atoms with E-state index in [1.165, 1.54) is 5.56 Å². The van der Waals surface area contributed by atoms with Crippen LogP contribution in [0.15, 0.2) is 54.6 Å². The molecule has 0 fully saturated rings. The van der Waals surface area contributed by atoms with Crippen molar-refractivity contribution < 1.29 is 9.84 Å². The molecule has 2 aromatic rings. The average molecular weight is 336 g/mol. The van der Waals surface area contributed by atoms with E-state index in [-0.39, 0.29) is 12.4 Å². The monoisotopic (exact) mass is 335 g/mol. The molecular weight excluding hydrogens is 310 g/mol. The van der Waals surface area contributed by atoms with Gasteiger partial charge < -0.3 is 14.7 Å². The van der Waals surface area contributed by atoms with Gasteiger partial charge in [-0.3, -0.25) is 0 Å². The van der Waals surface area contributed by atoms with Crippen LogP contribution >= 0.6 is 12.4 Å². The van der Waals surface area contributed by atoms with Gasteiger partial charge in [-0.15, -0.1) is 12.4 Å². The summed E-state index contributed by atoms with van der Waals surface area (Å²) in [6.45, 7) is 3.86. The first-order valence-electron chi connectivity index (χ1n) is 7.74. The first-order valence-corrected chi connectivity index (χ1v) is 7.74. The maximum Gasteiger partial charge on any atom is 0.122 e. The van der Waals surface area contributed by atoms with Crippen LogP contribution in [0.4, 0.5) is 0 Å². The van der Waals surface area contributed by atoms with Crippen molar-refractivity contribution in [3.05, 3.63) is 65.7 Å². The Hall–Kier alpha value is -1.55. The molecule has 0 amide bonds. The van der Waals surface area contributed by atoms with Gasteiger partial charge in [-0.2, -0.15) is 0 Å². The quantitative estimate of drug-likeness (QED) is 0.803. The van der Waals surface area contributed by atoms with E-state index >= 15 is 0 Å². The summed E-state index contributed by atoms with van der Waals surface area (Å²) >= 11 is 0. The molecule has 4 heteroatoms. The number of aliphatic hydroxyl groups is 1. The first kappa shape index (κ1) is 19.5. The second kappa shape index (κ2) is 10.3. The summed E-state index contributed by atoms with van der Waals surface area (Å²) in [5, 5.41) is 10.1. The van der Waals surface area contributed by atoms with Crippen molar-refractivity contribution in [2.45, 2.75) is 19.4 Å². The molecule has 0 spiro atoms. The summed E-state index contributed by atoms with van der Waals surface area (Å²) in [5.74, 6) is 0.841. The number of benzene rings is 2. The molecule has 0 aliphatic heterocycles. The van der Waals surface area contributed by atoms with Crippen molar-refractivity contribution in [2.75, 3.05) is 26.7 Å². The molecule has 23 heavy (non-hydrogen) atoms. The van der Waals surface area contributed by atoms with E-state index in [2.05, 4.69) is 29.2 Å². The minimum atomic E-state index is -0.486. The number of likely N-dealkylation sites (N-methyl/N-ethyl adjacent to an activating group) is 1. The molecule has 2 aromatic carbocycles. The van der Waals surface area contributed by atoms with Crippen molar-refractivity contribution in [3.8, 4) is 5.75 Å². The lowest BCUT2D eigenvalue weighted by Gasteiger charge is -2.21. The SMILES string of the molecule is Cc1ccccc1OCC(O)CN(C)CCc1ccccc1.Cl. The Bertz CT molecular complexity index is 562. The molecule has 0 saturated heterocycles. The van der Waals surface area contributed by atoms with Crippen LogP contribution in [0.1, 0.15) is 11.1 Å². The van der Waals surface area contributed by atoms with Gasteiger partial charge in [0.25, 0.3) is 0 Å². The van der Waals surface area contributed by atoms with Crippen LogP contribution in [0.3, 0.4) is 0 Å². The van der Waals surface area contributed by atoms with Crippen molar-refractivity contribution in [1.29, 1.82) is 0 Å². The van der Waals surface area contributed by atoms with Crippen molar-refractivity contribution in [1.82, 2.24) is 4.90 Å². The van der Waals surface area contributed by atoms with Gasteiger partial charge in [0.2, 0.25) is 0 Å². The average Bonchev–Trinajstić information content (AvgIpc) is 2.53. The van der Waals surface area contributed by atoms with Crippen LogP contribution in [0.2, 0.25) is 0 Å². The second-order valence-electron chi connectivity index (χ2n) is 5.73. The summed E-state index contributed by atoms with van der Waals surface area (Å²) in [4.78, 5) is 2.14. The number of aliphatic hydroxyl groups excluding tert-OH is 1. The molecule has 1 N–H and O–H groups in total. The third-order valence-corrected chi connectivity index (χ3v) is 3.67. The highest BCUT2D eigenvalue weighted by atomic mass is 35.5. The Morgan fingerprint density at radius 1 is 1.04 bits per heavy atom. The Labute approximate surface area is 145 Å². The standard InChI is InChI=1S/C19H25NO2.ClH/c1-16-8-6-7-11-19(16)22-15-18(21)14-20(2)13-12-17-9-4-3-5-10-17;/h3-11,18,21H,12-15H2,1-2H3;1H. The summed E-state index contributed by atoms with van der Waals surface area (Å²) in [5.41, 5.74) is 2.41. The molecule has 0 aliphatic carbocycles. The lowest BCUT2D eigenvalue weighted by atomic mass is 10.1. The topological polar surface area (TPSA) is 32.7 Å². The van der Waals surface area contributed by atoms with Crippen molar-refractivity contribution >= 4 is 12.4 Å². The Kier molecular flexibility index (Phi) is 8.70. The van der Waals surface area contributed by atoms with Gasteiger partial charge in [-0.1, -0.05) is 48.5 Å². The van der Waals surface area contributed by atoms with Crippen LogP contribution < -0.4 is 4.74 Å². The second-order valence-corrected chi connectivity index (χ2v) is 5.73. The van der Waals surface area contributed by atoms with Crippen LogP contribution in [0, 0.1) is 6.92 Å². The van der Waals surface area contributed by atoms with Gasteiger partial charge in [0.15, 0.2) is 0 Å². The smallest absolute Gasteiger partial charge is 0.122 e. The van der Waals surface area contributed by atoms with E-state index in [1.54, 1.807) is 0 Å². The number of rotatable bonds is 8. The molecule has 0 radical (unpaired) electrons. The Morgan fingerprint density at radius 2 is 1.70 bits per heavy atom. The van der Waals surface area contributed by atoms with Gasteiger partial charge in [-0.25, -0.2) is 0 Å². The van der Waals surface area contributed by atoms with Gasteiger partial charge in [-0.05, 0) is 37.6 Å². The number of nitrogens with zero attached hydrogens (tertiary/aromatic N) is 1. The van der Waals surface area contributed by atoms with Crippen LogP contribution in [0.5, 0.6) is 5.75 Å². The third-order valence-electron chi connectivity index (χ3n) is 3.67. The highest BCUT2D eigenvalue weighted by molar-refractivity contribution is 5.85. The third kappa shape index (κ3) is 7.04. The summed E-state index contributed by atoms with van der Waals surface area (Å²) in [7, 11) is 2.03. The van der Waals surface area contributed by atoms with Crippen LogP contribution in [0.25, 0.3) is 0 Å². The van der Waals surface area contributed by atoms with Crippen molar-refractivity contribution in [3.63, 3.8) is 0 Å². The van der Waals surface area contributed by atoms with Gasteiger partial charge >= 0.3 is 0 Å². The fourth-order valence-corrected chi connectivity index (χ4v) is 2.37. The maximum atomic E-state index is 10.1. The molecule has 126 valence electrons. The number of aryl methyl sites for hydroxylation is 1. The lowest BCUT2D eigenvalue weighted by molar-refractivity contribution is 0.0764. The molecule has 1 atom stereocenters. The number of hydrogen-bond donors (Lipinski definition) is 1. The minimum Gasteiger partial charge on any atom is -0.491 e. The Morgan fingerprint density at radius 3 is 2.39 bits per heavy atom. The molecule has 2 rings (SSSR count). The van der Waals surface area contributed by atoms with Gasteiger partial charge in [0.05, 0.1) is 0 Å². The zero-order chi connectivity index (χ0) is 15.8. The molecule has 0 aromatic heterocycles. The van der Waals surface area contributed by atoms with Gasteiger partial charge in [0.1, 0.15) is 18.5 Å². The summed E-state index contributed by atoms with van der Waals surface area (Å²) < 4.78 is 5.69. The largest absolute Gasteiger partial charge is 0.491 e. The highest BCUT2D eigenvalue weighted by Crippen LogP contribution is 2.16. The molecule has 1 unspecified atom stereocenters. The van der Waals surface area contributed by atoms with E-state index in [0.717, 1.165) is 24.3 Å². The number of halogens is 1. The summed E-state index contributed by atoms with van der Waals surface area (Å²) in [6, 6.07) is 18.3. The fraction of sp³-hybridized carbons (Fsp3) is 0.368. The Balaban J connectivity index is 0.00000264. The van der Waals surface area contributed by atoms with E-state index in [4.69, 9.17) is 4.74 Å². The zero-order valence-electron chi connectivity index (χ0n) is 13.8. The molecule has 0 bridgehead atoms. The number of para-hydroxylation sites is 1. The van der Waals surface area contributed by atoms with Gasteiger partial charge in [0, 0.05) is 13.1 Å². The maximum absolute atomic E-state index is 10.1. The van der Waals surface area contributed by atoms with E-state index in [9.17, 15) is 5.11 Å². The van der Waals surface area contributed by atoms with E-state index < -0.39 is 6.10 Å². The number of hydrogen-bond acceptors (Lipinski definition) is 3. The molecular formula is C19H26ClNO2. The summed E-state index contributed by atoms with van der Waals surface area (Å²) in [6.07, 6.45) is 0.503. The van der Waals surface area contributed by atoms with Crippen LogP contribution in [-0.4, -0.2) is 42.9 Å². The highest BCUT2D eigenvalue weighted by Gasteiger charge is 2.10. The zero-order valence-corrected chi connectivity index (χ0v) is 14.6. The minimum absolute atomic E-state index is 0. The predicted molar refractivity (Wildman–Crippen MR) is 97.6 cm³/mol. The van der Waals surface area contributed by atoms with E-state index in [0.29, 0.717) is 13.2 Å². The molecule has 3 nitrogen and oxygen atoms in total. The lowest BCUT2D eigenvalue weighted by Crippen LogP contribution is -2.34. The molecule has 0 heterocycles. The van der Waals surface area contributed by atoms with Crippen LogP contribution in [-0.2, 0) is 6.42 Å². The normalized spacial score (nSPS) is 11.8. The van der Waals surface area contributed by atoms with Crippen molar-refractivity contribution in [2.24, 2.45) is 0 Å². The fourth-order valence-electron chi connectivity index (χ4n) is 2.37. The first-order chi connectivity index (χ1) is 10.6. The molecule has 0 saturated carbocycles.